The highest BCUT2D eigenvalue weighted by Gasteiger charge is 2.45. The van der Waals surface area contributed by atoms with Gasteiger partial charge in [0.2, 0.25) is 5.91 Å². The SMILES string of the molecule is COC(CN(C(=O)c1ccccc1F)C1CC(=O)N(c2ccccc2)C1=O)OC. The van der Waals surface area contributed by atoms with Crippen molar-refractivity contribution in [3.8, 4) is 0 Å². The van der Waals surface area contributed by atoms with Crippen LogP contribution in [0.5, 0.6) is 0 Å². The molecule has 1 aliphatic rings. The molecule has 0 radical (unpaired) electrons. The molecule has 8 heteroatoms. The van der Waals surface area contributed by atoms with Gasteiger partial charge in [-0.2, -0.15) is 0 Å². The van der Waals surface area contributed by atoms with Crippen molar-refractivity contribution in [2.45, 2.75) is 18.8 Å². The number of hydrogen-bond acceptors (Lipinski definition) is 5. The number of ether oxygens (including phenoxy) is 2. The van der Waals surface area contributed by atoms with E-state index in [1.807, 2.05) is 0 Å². The first kappa shape index (κ1) is 20.6. The second kappa shape index (κ2) is 8.93. The zero-order valence-electron chi connectivity index (χ0n) is 16.1. The molecule has 1 saturated heterocycles. The molecule has 1 heterocycles. The molecule has 1 unspecified atom stereocenters. The molecule has 1 atom stereocenters. The predicted molar refractivity (Wildman–Crippen MR) is 103 cm³/mol. The number of imide groups is 1. The van der Waals surface area contributed by atoms with Crippen molar-refractivity contribution in [1.82, 2.24) is 4.90 Å². The molecular formula is C21H21FN2O5. The van der Waals surface area contributed by atoms with Gasteiger partial charge in [-0.05, 0) is 24.3 Å². The summed E-state index contributed by atoms with van der Waals surface area (Å²) in [4.78, 5) is 40.9. The second-order valence-corrected chi connectivity index (χ2v) is 6.46. The Hall–Kier alpha value is -3.10. The van der Waals surface area contributed by atoms with Crippen LogP contribution in [0.25, 0.3) is 0 Å². The summed E-state index contributed by atoms with van der Waals surface area (Å²) in [5, 5.41) is 0. The van der Waals surface area contributed by atoms with Gasteiger partial charge in [0.15, 0.2) is 6.29 Å². The van der Waals surface area contributed by atoms with E-state index < -0.39 is 35.9 Å². The summed E-state index contributed by atoms with van der Waals surface area (Å²) in [5.41, 5.74) is 0.218. The van der Waals surface area contributed by atoms with Gasteiger partial charge in [0.1, 0.15) is 11.9 Å². The molecule has 0 aromatic heterocycles. The minimum atomic E-state index is -1.09. The van der Waals surface area contributed by atoms with Gasteiger partial charge in [0, 0.05) is 14.2 Å². The molecule has 152 valence electrons. The Labute approximate surface area is 167 Å². The monoisotopic (exact) mass is 400 g/mol. The molecule has 29 heavy (non-hydrogen) atoms. The van der Waals surface area contributed by atoms with E-state index in [0.717, 1.165) is 15.9 Å². The van der Waals surface area contributed by atoms with E-state index >= 15 is 0 Å². The van der Waals surface area contributed by atoms with Crippen LogP contribution < -0.4 is 4.90 Å². The quantitative estimate of drug-likeness (QED) is 0.526. The molecule has 0 N–H and O–H groups in total. The third-order valence-electron chi connectivity index (χ3n) is 4.75. The third kappa shape index (κ3) is 4.18. The molecule has 0 bridgehead atoms. The maximum atomic E-state index is 14.2. The Morgan fingerprint density at radius 3 is 2.34 bits per heavy atom. The van der Waals surface area contributed by atoms with Gasteiger partial charge in [-0.15, -0.1) is 0 Å². The lowest BCUT2D eigenvalue weighted by Crippen LogP contribution is -2.49. The summed E-state index contributed by atoms with van der Waals surface area (Å²) in [7, 11) is 2.77. The van der Waals surface area contributed by atoms with Gasteiger partial charge in [0.25, 0.3) is 11.8 Å². The van der Waals surface area contributed by atoms with E-state index in [4.69, 9.17) is 9.47 Å². The first-order valence-corrected chi connectivity index (χ1v) is 9.00. The van der Waals surface area contributed by atoms with Gasteiger partial charge in [-0.3, -0.25) is 14.4 Å². The fourth-order valence-corrected chi connectivity index (χ4v) is 3.25. The van der Waals surface area contributed by atoms with Crippen LogP contribution in [0.1, 0.15) is 16.8 Å². The summed E-state index contributed by atoms with van der Waals surface area (Å²) in [6.45, 7) is -0.146. The van der Waals surface area contributed by atoms with Crippen LogP contribution in [0.15, 0.2) is 54.6 Å². The Morgan fingerprint density at radius 1 is 1.10 bits per heavy atom. The minimum Gasteiger partial charge on any atom is -0.354 e. The van der Waals surface area contributed by atoms with E-state index in [0.29, 0.717) is 5.69 Å². The minimum absolute atomic E-state index is 0.146. The van der Waals surface area contributed by atoms with Crippen molar-refractivity contribution in [1.29, 1.82) is 0 Å². The van der Waals surface area contributed by atoms with E-state index in [2.05, 4.69) is 0 Å². The normalized spacial score (nSPS) is 16.6. The largest absolute Gasteiger partial charge is 0.354 e. The summed E-state index contributed by atoms with van der Waals surface area (Å²) >= 11 is 0. The van der Waals surface area contributed by atoms with Gasteiger partial charge >= 0.3 is 0 Å². The van der Waals surface area contributed by atoms with Crippen LogP contribution >= 0.6 is 0 Å². The van der Waals surface area contributed by atoms with Crippen molar-refractivity contribution in [2.24, 2.45) is 0 Å². The van der Waals surface area contributed by atoms with Crippen molar-refractivity contribution in [2.75, 3.05) is 25.7 Å². The molecular weight excluding hydrogens is 379 g/mol. The molecule has 1 aliphatic heterocycles. The van der Waals surface area contributed by atoms with Crippen molar-refractivity contribution in [3.63, 3.8) is 0 Å². The lowest BCUT2D eigenvalue weighted by atomic mass is 10.1. The summed E-state index contributed by atoms with van der Waals surface area (Å²) in [6, 6.07) is 12.8. The molecule has 1 fully saturated rings. The highest BCUT2D eigenvalue weighted by Crippen LogP contribution is 2.27. The summed E-state index contributed by atoms with van der Waals surface area (Å²) in [6.07, 6.45) is -1.06. The number of benzene rings is 2. The number of para-hydroxylation sites is 1. The van der Waals surface area contributed by atoms with Gasteiger partial charge in [0.05, 0.1) is 24.2 Å². The smallest absolute Gasteiger partial charge is 0.257 e. The number of anilines is 1. The number of carbonyl (C=O) groups is 3. The maximum Gasteiger partial charge on any atom is 0.257 e. The number of methoxy groups -OCH3 is 2. The fourth-order valence-electron chi connectivity index (χ4n) is 3.25. The molecule has 0 aliphatic carbocycles. The zero-order valence-corrected chi connectivity index (χ0v) is 16.1. The average molecular weight is 400 g/mol. The Balaban J connectivity index is 1.96. The van der Waals surface area contributed by atoms with E-state index in [-0.39, 0.29) is 18.5 Å². The van der Waals surface area contributed by atoms with Crippen LogP contribution in [-0.2, 0) is 19.1 Å². The molecule has 3 rings (SSSR count). The number of hydrogen-bond donors (Lipinski definition) is 0. The summed E-state index contributed by atoms with van der Waals surface area (Å²) < 4.78 is 24.6. The summed E-state index contributed by atoms with van der Waals surface area (Å²) in [5.74, 6) is -2.44. The van der Waals surface area contributed by atoms with Crippen LogP contribution in [-0.4, -0.2) is 55.7 Å². The fraction of sp³-hybridized carbons (Fsp3) is 0.286. The van der Waals surface area contributed by atoms with Crippen molar-refractivity contribution >= 4 is 23.4 Å². The zero-order chi connectivity index (χ0) is 21.0. The number of amides is 3. The molecule has 3 amide bonds. The topological polar surface area (TPSA) is 76.2 Å². The molecule has 7 nitrogen and oxygen atoms in total. The molecule has 0 spiro atoms. The first-order chi connectivity index (χ1) is 14.0. The number of halogens is 1. The van der Waals surface area contributed by atoms with Gasteiger partial charge < -0.3 is 14.4 Å². The number of carbonyl (C=O) groups excluding carboxylic acids is 3. The average Bonchev–Trinajstić information content (AvgIpc) is 3.03. The second-order valence-electron chi connectivity index (χ2n) is 6.46. The predicted octanol–water partition coefficient (Wildman–Crippen LogP) is 2.22. The highest BCUT2D eigenvalue weighted by molar-refractivity contribution is 6.23. The van der Waals surface area contributed by atoms with Crippen molar-refractivity contribution < 1.29 is 28.2 Å². The highest BCUT2D eigenvalue weighted by atomic mass is 19.1. The van der Waals surface area contributed by atoms with Gasteiger partial charge in [-0.1, -0.05) is 30.3 Å². The Morgan fingerprint density at radius 2 is 1.72 bits per heavy atom. The van der Waals surface area contributed by atoms with E-state index in [1.165, 1.54) is 32.4 Å². The molecule has 2 aromatic carbocycles. The third-order valence-corrected chi connectivity index (χ3v) is 4.75. The molecule has 0 saturated carbocycles. The first-order valence-electron chi connectivity index (χ1n) is 9.00. The van der Waals surface area contributed by atoms with Crippen LogP contribution in [0.2, 0.25) is 0 Å². The lowest BCUT2D eigenvalue weighted by Gasteiger charge is -2.30. The number of nitrogens with zero attached hydrogens (tertiary/aromatic N) is 2. The standard InChI is InChI=1S/C21H21FN2O5/c1-28-19(29-2)13-23(20(26)15-10-6-7-11-16(15)22)17-12-18(25)24(21(17)27)14-8-4-3-5-9-14/h3-11,17,19H,12-13H2,1-2H3. The lowest BCUT2D eigenvalue weighted by molar-refractivity contribution is -0.128. The van der Waals surface area contributed by atoms with Gasteiger partial charge in [-0.25, -0.2) is 9.29 Å². The number of rotatable bonds is 7. The Bertz CT molecular complexity index is 901. The molecule has 2 aromatic rings. The Kier molecular flexibility index (Phi) is 6.36. The van der Waals surface area contributed by atoms with Crippen LogP contribution in [0.3, 0.4) is 0 Å². The maximum absolute atomic E-state index is 14.2. The van der Waals surface area contributed by atoms with Crippen LogP contribution in [0, 0.1) is 5.82 Å². The van der Waals surface area contributed by atoms with E-state index in [9.17, 15) is 18.8 Å². The van der Waals surface area contributed by atoms with Crippen molar-refractivity contribution in [3.05, 3.63) is 66.0 Å². The van der Waals surface area contributed by atoms with E-state index in [1.54, 1.807) is 30.3 Å². The van der Waals surface area contributed by atoms with Crippen LogP contribution in [0.4, 0.5) is 10.1 Å².